The van der Waals surface area contributed by atoms with Crippen LogP contribution >= 0.6 is 0 Å². The van der Waals surface area contributed by atoms with Crippen LogP contribution < -0.4 is 9.80 Å². The average molecular weight is 354 g/mol. The Kier molecular flexibility index (Phi) is 4.75. The largest absolute Gasteiger partial charge is 0.361 e. The van der Waals surface area contributed by atoms with Gasteiger partial charge in [-0.3, -0.25) is 4.79 Å². The summed E-state index contributed by atoms with van der Waals surface area (Å²) in [5, 5.41) is 0. The van der Waals surface area contributed by atoms with Gasteiger partial charge in [-0.2, -0.15) is 0 Å². The maximum atomic E-state index is 13.0. The molecule has 0 aliphatic carbocycles. The molecule has 3 aromatic carbocycles. The van der Waals surface area contributed by atoms with E-state index in [1.165, 1.54) is 0 Å². The molecular weight excluding hydrogens is 332 g/mol. The first-order chi connectivity index (χ1) is 13.3. The molecule has 1 aliphatic rings. The van der Waals surface area contributed by atoms with Crippen LogP contribution in [0.15, 0.2) is 97.1 Å². The van der Waals surface area contributed by atoms with E-state index in [0.29, 0.717) is 0 Å². The Labute approximate surface area is 160 Å². The molecule has 0 aromatic heterocycles. The van der Waals surface area contributed by atoms with Gasteiger partial charge in [0.25, 0.3) is 5.91 Å². The van der Waals surface area contributed by atoms with Crippen molar-refractivity contribution in [3.8, 4) is 0 Å². The maximum Gasteiger partial charge on any atom is 0.252 e. The lowest BCUT2D eigenvalue weighted by atomic mass is 9.91. The number of hydrogen-bond acceptors (Lipinski definition) is 2. The van der Waals surface area contributed by atoms with Crippen LogP contribution in [0.5, 0.6) is 0 Å². The molecule has 134 valence electrons. The highest BCUT2D eigenvalue weighted by molar-refractivity contribution is 6.08. The summed E-state index contributed by atoms with van der Waals surface area (Å²) in [5.41, 5.74) is 3.11. The fourth-order valence-corrected chi connectivity index (χ4v) is 3.57. The molecule has 0 saturated carbocycles. The Morgan fingerprint density at radius 2 is 1.37 bits per heavy atom. The second kappa shape index (κ2) is 7.50. The van der Waals surface area contributed by atoms with E-state index in [9.17, 15) is 4.79 Å². The summed E-state index contributed by atoms with van der Waals surface area (Å²) in [6, 6.07) is 29.9. The third-order valence-electron chi connectivity index (χ3n) is 5.01. The standard InChI is InChI=1S/C24H22N2O/c1-25(20-13-7-3-8-14-20)23-22(18-17-19-11-5-2-6-12-19)26(24(23)27)21-15-9-4-10-16-21/h2-18,22-23H,1H3. The number of benzene rings is 3. The molecule has 27 heavy (non-hydrogen) atoms. The Bertz CT molecular complexity index is 922. The smallest absolute Gasteiger partial charge is 0.252 e. The normalized spacial score (nSPS) is 19.1. The zero-order chi connectivity index (χ0) is 18.6. The highest BCUT2D eigenvalue weighted by Gasteiger charge is 2.49. The van der Waals surface area contributed by atoms with Crippen LogP contribution in [0.1, 0.15) is 5.56 Å². The summed E-state index contributed by atoms with van der Waals surface area (Å²) in [6.45, 7) is 0. The van der Waals surface area contributed by atoms with Crippen LogP contribution in [0.3, 0.4) is 0 Å². The fourth-order valence-electron chi connectivity index (χ4n) is 3.57. The maximum absolute atomic E-state index is 13.0. The van der Waals surface area contributed by atoms with Gasteiger partial charge in [-0.1, -0.05) is 78.9 Å². The van der Waals surface area contributed by atoms with Crippen LogP contribution in [0.2, 0.25) is 0 Å². The summed E-state index contributed by atoms with van der Waals surface area (Å²) in [4.78, 5) is 17.0. The highest BCUT2D eigenvalue weighted by atomic mass is 16.2. The van der Waals surface area contributed by atoms with Gasteiger partial charge in [0.1, 0.15) is 6.04 Å². The van der Waals surface area contributed by atoms with Crippen molar-refractivity contribution in [2.24, 2.45) is 0 Å². The van der Waals surface area contributed by atoms with Crippen LogP contribution in [-0.4, -0.2) is 25.0 Å². The number of β-lactam (4-membered cyclic amide) rings is 1. The van der Waals surface area contributed by atoms with Gasteiger partial charge < -0.3 is 9.80 Å². The van der Waals surface area contributed by atoms with Gasteiger partial charge in [-0.05, 0) is 29.8 Å². The number of para-hydroxylation sites is 2. The van der Waals surface area contributed by atoms with Gasteiger partial charge in [0.15, 0.2) is 0 Å². The lowest BCUT2D eigenvalue weighted by molar-refractivity contribution is -0.125. The number of nitrogens with zero attached hydrogens (tertiary/aromatic N) is 2. The van der Waals surface area contributed by atoms with Gasteiger partial charge >= 0.3 is 0 Å². The van der Waals surface area contributed by atoms with Crippen LogP contribution in [-0.2, 0) is 4.79 Å². The second-order valence-electron chi connectivity index (χ2n) is 6.70. The molecular formula is C24H22N2O. The van der Waals surface area contributed by atoms with E-state index in [1.54, 1.807) is 0 Å². The molecule has 1 fully saturated rings. The van der Waals surface area contributed by atoms with Crippen molar-refractivity contribution < 1.29 is 4.79 Å². The first-order valence-corrected chi connectivity index (χ1v) is 9.15. The molecule has 3 aromatic rings. The van der Waals surface area contributed by atoms with Gasteiger partial charge in [-0.25, -0.2) is 0 Å². The van der Waals surface area contributed by atoms with Crippen LogP contribution in [0.25, 0.3) is 6.08 Å². The van der Waals surface area contributed by atoms with Crippen molar-refractivity contribution >= 4 is 23.4 Å². The van der Waals surface area contributed by atoms with E-state index in [2.05, 4.69) is 29.2 Å². The third kappa shape index (κ3) is 3.36. The van der Waals surface area contributed by atoms with Crippen molar-refractivity contribution in [3.05, 3.63) is 103 Å². The Morgan fingerprint density at radius 1 is 0.815 bits per heavy atom. The molecule has 3 nitrogen and oxygen atoms in total. The molecule has 2 unspecified atom stereocenters. The Hall–Kier alpha value is -3.33. The quantitative estimate of drug-likeness (QED) is 0.624. The third-order valence-corrected chi connectivity index (χ3v) is 5.01. The van der Waals surface area contributed by atoms with Crippen LogP contribution in [0.4, 0.5) is 11.4 Å². The molecule has 4 rings (SSSR count). The van der Waals surface area contributed by atoms with Crippen molar-refractivity contribution in [2.75, 3.05) is 16.8 Å². The first-order valence-electron chi connectivity index (χ1n) is 9.15. The summed E-state index contributed by atoms with van der Waals surface area (Å²) in [7, 11) is 1.99. The summed E-state index contributed by atoms with van der Waals surface area (Å²) in [5.74, 6) is 0.121. The molecule has 2 atom stereocenters. The molecule has 1 amide bonds. The molecule has 0 spiro atoms. The number of rotatable bonds is 5. The second-order valence-corrected chi connectivity index (χ2v) is 6.70. The number of anilines is 2. The van der Waals surface area contributed by atoms with E-state index in [4.69, 9.17) is 0 Å². The molecule has 0 bridgehead atoms. The van der Waals surface area contributed by atoms with Crippen LogP contribution in [0, 0.1) is 0 Å². The summed E-state index contributed by atoms with van der Waals surface area (Å²) < 4.78 is 0. The Morgan fingerprint density at radius 3 is 2.00 bits per heavy atom. The molecule has 1 aliphatic heterocycles. The van der Waals surface area contributed by atoms with Gasteiger partial charge in [0.05, 0.1) is 6.04 Å². The van der Waals surface area contributed by atoms with E-state index in [-0.39, 0.29) is 18.0 Å². The van der Waals surface area contributed by atoms with Gasteiger partial charge in [0, 0.05) is 18.4 Å². The van der Waals surface area contributed by atoms with Gasteiger partial charge in [0.2, 0.25) is 0 Å². The zero-order valence-corrected chi connectivity index (χ0v) is 15.3. The zero-order valence-electron chi connectivity index (χ0n) is 15.3. The van der Waals surface area contributed by atoms with E-state index in [0.717, 1.165) is 16.9 Å². The minimum absolute atomic E-state index is 0.0229. The molecule has 0 radical (unpaired) electrons. The SMILES string of the molecule is CN(c1ccccc1)C1C(=O)N(c2ccccc2)C1C=Cc1ccccc1. The van der Waals surface area contributed by atoms with E-state index in [1.807, 2.05) is 90.8 Å². The predicted octanol–water partition coefficient (Wildman–Crippen LogP) is 4.62. The number of carbonyl (C=O) groups is 1. The monoisotopic (exact) mass is 354 g/mol. The number of likely N-dealkylation sites (N-methyl/N-ethyl adjacent to an activating group) is 1. The minimum Gasteiger partial charge on any atom is -0.361 e. The number of hydrogen-bond donors (Lipinski definition) is 0. The summed E-state index contributed by atoms with van der Waals surface area (Å²) in [6.07, 6.45) is 4.23. The minimum atomic E-state index is -0.215. The molecule has 3 heteroatoms. The van der Waals surface area contributed by atoms with Gasteiger partial charge in [-0.15, -0.1) is 0 Å². The summed E-state index contributed by atoms with van der Waals surface area (Å²) >= 11 is 0. The topological polar surface area (TPSA) is 23.6 Å². The molecule has 0 N–H and O–H groups in total. The lowest BCUT2D eigenvalue weighted by Crippen LogP contribution is -2.70. The van der Waals surface area contributed by atoms with Crippen molar-refractivity contribution in [3.63, 3.8) is 0 Å². The lowest BCUT2D eigenvalue weighted by Gasteiger charge is -2.50. The number of amides is 1. The van der Waals surface area contributed by atoms with Crippen molar-refractivity contribution in [1.29, 1.82) is 0 Å². The van der Waals surface area contributed by atoms with E-state index >= 15 is 0 Å². The molecule has 1 saturated heterocycles. The van der Waals surface area contributed by atoms with Crippen molar-refractivity contribution in [2.45, 2.75) is 12.1 Å². The fraction of sp³-hybridized carbons (Fsp3) is 0.125. The Balaban J connectivity index is 1.65. The molecule has 1 heterocycles. The highest BCUT2D eigenvalue weighted by Crippen LogP contribution is 2.34. The predicted molar refractivity (Wildman–Crippen MR) is 112 cm³/mol. The average Bonchev–Trinajstić information content (AvgIpc) is 2.73. The van der Waals surface area contributed by atoms with E-state index < -0.39 is 0 Å². The number of carbonyl (C=O) groups excluding carboxylic acids is 1. The first kappa shape index (κ1) is 17.1. The van der Waals surface area contributed by atoms with Crippen molar-refractivity contribution in [1.82, 2.24) is 0 Å².